The van der Waals surface area contributed by atoms with Gasteiger partial charge in [0.25, 0.3) is 5.16 Å². The van der Waals surface area contributed by atoms with E-state index in [4.69, 9.17) is 13.9 Å². The molecule has 6 rings (SSSR count). The molecule has 1 N–H and O–H groups in total. The van der Waals surface area contributed by atoms with E-state index in [2.05, 4.69) is 15.3 Å². The Morgan fingerprint density at radius 1 is 0.977 bits per heavy atom. The van der Waals surface area contributed by atoms with Gasteiger partial charge in [-0.3, -0.25) is 0 Å². The number of hydrogen-bond acceptors (Lipinski definition) is 9. The Balaban J connectivity index is 1.48. The van der Waals surface area contributed by atoms with Crippen LogP contribution in [0.2, 0.25) is 0 Å². The summed E-state index contributed by atoms with van der Waals surface area (Å²) in [5.74, 6) is 1.07. The van der Waals surface area contributed by atoms with Crippen molar-refractivity contribution in [1.29, 1.82) is 0 Å². The summed E-state index contributed by atoms with van der Waals surface area (Å²) in [6.07, 6.45) is 3.30. The molecule has 4 aromatic rings. The molecule has 10 nitrogen and oxygen atoms in total. The lowest BCUT2D eigenvalue weighted by Gasteiger charge is -2.43. The summed E-state index contributed by atoms with van der Waals surface area (Å²) in [7, 11) is -3.71. The van der Waals surface area contributed by atoms with Crippen LogP contribution in [-0.4, -0.2) is 62.6 Å². The molecule has 1 amide bonds. The summed E-state index contributed by atoms with van der Waals surface area (Å²) in [6, 6.07) is 17.8. The molecule has 1 saturated carbocycles. The summed E-state index contributed by atoms with van der Waals surface area (Å²) in [5.41, 5.74) is 2.59. The number of carbonyl (C=O) groups is 1. The number of anilines is 1. The number of nitrogens with one attached hydrogen (secondary N) is 1. The van der Waals surface area contributed by atoms with Gasteiger partial charge in [0.05, 0.1) is 24.1 Å². The van der Waals surface area contributed by atoms with Crippen LogP contribution >= 0.6 is 0 Å². The Morgan fingerprint density at radius 2 is 1.65 bits per heavy atom. The number of fused-ring (bicyclic) bond motifs is 1. The molecular weight excluding hydrogens is 568 g/mol. The van der Waals surface area contributed by atoms with E-state index >= 15 is 0 Å². The number of carbonyl (C=O) groups excluding carboxylic acids is 1. The van der Waals surface area contributed by atoms with Gasteiger partial charge in [-0.05, 0) is 51.2 Å². The Labute approximate surface area is 251 Å². The van der Waals surface area contributed by atoms with Crippen molar-refractivity contribution < 1.29 is 27.1 Å². The first kappa shape index (κ1) is 29.1. The van der Waals surface area contributed by atoms with Crippen molar-refractivity contribution in [2.45, 2.75) is 56.3 Å². The summed E-state index contributed by atoms with van der Waals surface area (Å²) in [5, 5.41) is 3.48. The monoisotopic (exact) mass is 604 g/mol. The van der Waals surface area contributed by atoms with Gasteiger partial charge < -0.3 is 24.1 Å². The van der Waals surface area contributed by atoms with E-state index in [1.807, 2.05) is 80.3 Å². The number of sulfone groups is 1. The van der Waals surface area contributed by atoms with Gasteiger partial charge >= 0.3 is 6.09 Å². The van der Waals surface area contributed by atoms with Crippen molar-refractivity contribution in [1.82, 2.24) is 15.3 Å². The second kappa shape index (κ2) is 10.9. The maximum Gasteiger partial charge on any atom is 0.408 e. The van der Waals surface area contributed by atoms with E-state index < -0.39 is 27.1 Å². The Morgan fingerprint density at radius 3 is 2.23 bits per heavy atom. The average molecular weight is 605 g/mol. The third kappa shape index (κ3) is 5.83. The molecule has 1 aliphatic heterocycles. The number of nitrogens with zero attached hydrogens (tertiary/aromatic N) is 3. The molecule has 1 saturated heterocycles. The zero-order valence-electron chi connectivity index (χ0n) is 24.8. The fourth-order valence-electron chi connectivity index (χ4n) is 5.67. The molecule has 2 fully saturated rings. The largest absolute Gasteiger partial charge is 0.444 e. The summed E-state index contributed by atoms with van der Waals surface area (Å²) in [6.45, 7) is 7.68. The zero-order valence-corrected chi connectivity index (χ0v) is 25.7. The van der Waals surface area contributed by atoms with Gasteiger partial charge in [-0.15, -0.1) is 0 Å². The predicted molar refractivity (Wildman–Crippen MR) is 164 cm³/mol. The van der Waals surface area contributed by atoms with E-state index in [0.29, 0.717) is 43.3 Å². The van der Waals surface area contributed by atoms with Crippen molar-refractivity contribution in [2.75, 3.05) is 37.5 Å². The zero-order chi connectivity index (χ0) is 30.4. The van der Waals surface area contributed by atoms with Gasteiger partial charge in [-0.1, -0.05) is 54.6 Å². The minimum Gasteiger partial charge on any atom is -0.444 e. The van der Waals surface area contributed by atoms with E-state index in [9.17, 15) is 13.2 Å². The van der Waals surface area contributed by atoms with Gasteiger partial charge in [0.1, 0.15) is 17.2 Å². The van der Waals surface area contributed by atoms with Crippen LogP contribution < -0.4 is 10.2 Å². The molecule has 0 bridgehead atoms. The summed E-state index contributed by atoms with van der Waals surface area (Å²) in [4.78, 5) is 23.7. The van der Waals surface area contributed by atoms with Crippen LogP contribution in [0.3, 0.4) is 0 Å². The van der Waals surface area contributed by atoms with E-state index in [0.717, 1.165) is 47.8 Å². The van der Waals surface area contributed by atoms with Crippen LogP contribution in [-0.2, 0) is 24.8 Å². The fraction of sp³-hybridized carbons (Fsp3) is 0.406. The molecule has 43 heavy (non-hydrogen) atoms. The number of alkyl carbamates (subject to hydrolysis) is 1. The van der Waals surface area contributed by atoms with E-state index in [1.165, 1.54) is 0 Å². The molecule has 2 aliphatic rings. The average Bonchev–Trinajstić information content (AvgIpc) is 3.34. The lowest BCUT2D eigenvalue weighted by Crippen LogP contribution is -2.52. The van der Waals surface area contributed by atoms with Crippen molar-refractivity contribution in [3.05, 3.63) is 60.2 Å². The van der Waals surface area contributed by atoms with E-state index in [-0.39, 0.29) is 10.9 Å². The fourth-order valence-corrected chi connectivity index (χ4v) is 6.17. The smallest absolute Gasteiger partial charge is 0.408 e. The van der Waals surface area contributed by atoms with Gasteiger partial charge in [-0.25, -0.2) is 18.2 Å². The van der Waals surface area contributed by atoms with Crippen LogP contribution in [0.15, 0.2) is 64.2 Å². The molecule has 3 heterocycles. The number of aromatic nitrogens is 2. The molecule has 2 aromatic heterocycles. The molecule has 1 aliphatic carbocycles. The van der Waals surface area contributed by atoms with Crippen molar-refractivity contribution in [2.24, 2.45) is 0 Å². The Bertz CT molecular complexity index is 1750. The SMILES string of the molecule is CC(C)(C)OC(=O)NC1(c2ccc(-c3oc4nc(S(C)(=O)=O)nc(N5CCOCC5)c4c3-c3ccccc3)cc2)CCC1. The molecule has 0 radical (unpaired) electrons. The highest BCUT2D eigenvalue weighted by Crippen LogP contribution is 2.46. The number of furan rings is 1. The minimum absolute atomic E-state index is 0.205. The number of hydrogen-bond donors (Lipinski definition) is 1. The highest BCUT2D eigenvalue weighted by Gasteiger charge is 2.41. The summed E-state index contributed by atoms with van der Waals surface area (Å²) < 4.78 is 42.8. The molecular formula is C32H36N4O6S. The van der Waals surface area contributed by atoms with Gasteiger partial charge in [0, 0.05) is 30.5 Å². The first-order valence-electron chi connectivity index (χ1n) is 14.5. The van der Waals surface area contributed by atoms with Crippen LogP contribution in [0.25, 0.3) is 33.6 Å². The minimum atomic E-state index is -3.71. The van der Waals surface area contributed by atoms with Gasteiger partial charge in [0.15, 0.2) is 0 Å². The maximum atomic E-state index is 12.7. The summed E-state index contributed by atoms with van der Waals surface area (Å²) >= 11 is 0. The van der Waals surface area contributed by atoms with Gasteiger partial charge in [-0.2, -0.15) is 4.98 Å². The third-order valence-electron chi connectivity index (χ3n) is 7.86. The van der Waals surface area contributed by atoms with Crippen molar-refractivity contribution in [3.63, 3.8) is 0 Å². The molecule has 0 unspecified atom stereocenters. The standard InChI is InChI=1S/C32H36N4O6S/c1-31(2,3)42-30(37)35-32(15-8-16-32)23-13-11-22(12-14-23)26-24(21-9-6-5-7-10-21)25-27(36-17-19-40-20-18-36)33-29(43(4,38)39)34-28(25)41-26/h5-7,9-14H,8,15-20H2,1-4H3,(H,35,37). The number of amides is 1. The van der Waals surface area contributed by atoms with Gasteiger partial charge in [0.2, 0.25) is 15.6 Å². The maximum absolute atomic E-state index is 12.7. The van der Waals surface area contributed by atoms with Crippen LogP contribution in [0, 0.1) is 0 Å². The van der Waals surface area contributed by atoms with Crippen molar-refractivity contribution in [3.8, 4) is 22.5 Å². The molecule has 226 valence electrons. The highest BCUT2D eigenvalue weighted by atomic mass is 32.2. The molecule has 0 spiro atoms. The Hall–Kier alpha value is -3.96. The number of benzene rings is 2. The molecule has 0 atom stereocenters. The van der Waals surface area contributed by atoms with E-state index in [1.54, 1.807) is 0 Å². The van der Waals surface area contributed by atoms with Crippen molar-refractivity contribution >= 4 is 32.8 Å². The lowest BCUT2D eigenvalue weighted by atomic mass is 9.71. The second-order valence-corrected chi connectivity index (χ2v) is 14.1. The van der Waals surface area contributed by atoms with Crippen LogP contribution in [0.4, 0.5) is 10.6 Å². The second-order valence-electron chi connectivity index (χ2n) is 12.2. The number of rotatable bonds is 6. The highest BCUT2D eigenvalue weighted by molar-refractivity contribution is 7.90. The quantitative estimate of drug-likeness (QED) is 0.276. The molecule has 11 heteroatoms. The van der Waals surface area contributed by atoms with Crippen LogP contribution in [0.5, 0.6) is 0 Å². The first-order chi connectivity index (χ1) is 20.4. The Kier molecular flexibility index (Phi) is 7.42. The molecule has 2 aromatic carbocycles. The predicted octanol–water partition coefficient (Wildman–Crippen LogP) is 5.70. The van der Waals surface area contributed by atoms with Crippen LogP contribution in [0.1, 0.15) is 45.6 Å². The topological polar surface area (TPSA) is 124 Å². The normalized spacial score (nSPS) is 17.0. The number of ether oxygens (including phenoxy) is 2. The lowest BCUT2D eigenvalue weighted by molar-refractivity contribution is 0.0377. The number of morpholine rings is 1. The third-order valence-corrected chi connectivity index (χ3v) is 8.71. The first-order valence-corrected chi connectivity index (χ1v) is 16.4.